The summed E-state index contributed by atoms with van der Waals surface area (Å²) >= 11 is 0.975. The second-order valence-electron chi connectivity index (χ2n) is 6.44. The molecule has 5 rings (SSSR count). The Kier molecular flexibility index (Phi) is 4.44. The van der Waals surface area contributed by atoms with Crippen molar-refractivity contribution < 1.29 is 29.8 Å². The van der Waals surface area contributed by atoms with E-state index in [1.807, 2.05) is 0 Å². The summed E-state index contributed by atoms with van der Waals surface area (Å²) < 4.78 is 29.6. The minimum Gasteiger partial charge on any atom is -0.756 e. The number of hydrogen-bond acceptors (Lipinski definition) is 14. The standard InChI is InChI=1S/C12H14N9O7PS/c1-20-12(17-18-19-20)30-11-14-4-7(15-10(13)16-8(4)23)21(11)9-5(22)6-3(27-9)2-26-29(24,25)28-6/h3,5-6,9,22H,2H2,1H3,(H,24,25)(H3,13,15,16,23)/t3?,5?,6-,9-/m1/s1. The summed E-state index contributed by atoms with van der Waals surface area (Å²) in [5.41, 5.74) is 5.01. The molecule has 3 aromatic heterocycles. The Morgan fingerprint density at radius 2 is 2.23 bits per heavy atom. The summed E-state index contributed by atoms with van der Waals surface area (Å²) in [5, 5.41) is 22.4. The van der Waals surface area contributed by atoms with E-state index in [0.29, 0.717) is 5.16 Å². The molecule has 0 saturated carbocycles. The molecule has 3 aromatic rings. The van der Waals surface area contributed by atoms with Gasteiger partial charge in [-0.25, -0.2) is 9.67 Å². The van der Waals surface area contributed by atoms with Gasteiger partial charge in [0.2, 0.25) is 11.1 Å². The number of aryl methyl sites for hydroxylation is 1. The Bertz CT molecular complexity index is 1250. The Morgan fingerprint density at radius 1 is 1.43 bits per heavy atom. The van der Waals surface area contributed by atoms with Crippen molar-refractivity contribution in [3.63, 3.8) is 0 Å². The number of rotatable bonds is 3. The van der Waals surface area contributed by atoms with Gasteiger partial charge < -0.3 is 29.5 Å². The zero-order valence-corrected chi connectivity index (χ0v) is 16.7. The van der Waals surface area contributed by atoms with Crippen molar-refractivity contribution in [1.82, 2.24) is 39.7 Å². The molecule has 0 aliphatic carbocycles. The van der Waals surface area contributed by atoms with Crippen LogP contribution in [0.3, 0.4) is 0 Å². The predicted molar refractivity (Wildman–Crippen MR) is 94.9 cm³/mol. The van der Waals surface area contributed by atoms with Gasteiger partial charge in [-0.15, -0.1) is 5.10 Å². The number of aliphatic hydroxyl groups is 1. The molecule has 2 saturated heterocycles. The van der Waals surface area contributed by atoms with E-state index in [1.54, 1.807) is 7.05 Å². The quantitative estimate of drug-likeness (QED) is 0.348. The molecular formula is C12H14N9O7PS. The van der Waals surface area contributed by atoms with Crippen molar-refractivity contribution in [3.8, 4) is 0 Å². The van der Waals surface area contributed by atoms with Gasteiger partial charge in [-0.3, -0.25) is 18.9 Å². The first-order valence-electron chi connectivity index (χ1n) is 8.39. The average molecular weight is 459 g/mol. The fraction of sp³-hybridized carbons (Fsp3) is 0.500. The highest BCUT2D eigenvalue weighted by molar-refractivity contribution is 7.99. The molecule has 18 heteroatoms. The first kappa shape index (κ1) is 19.6. The number of nitrogens with one attached hydrogen (secondary N) is 1. The van der Waals surface area contributed by atoms with Crippen LogP contribution in [0.4, 0.5) is 5.95 Å². The van der Waals surface area contributed by atoms with Crippen LogP contribution in [0.1, 0.15) is 7.65 Å². The molecule has 3 unspecified atom stereocenters. The van der Waals surface area contributed by atoms with E-state index in [1.165, 1.54) is 9.25 Å². The number of aromatic nitrogens is 8. The molecule has 5 atom stereocenters. The zero-order chi connectivity index (χ0) is 21.2. The smallest absolute Gasteiger partial charge is 0.756 e. The van der Waals surface area contributed by atoms with Crippen LogP contribution in [-0.2, 0) is 25.4 Å². The van der Waals surface area contributed by atoms with Crippen molar-refractivity contribution in [2.45, 2.75) is 34.9 Å². The number of anilines is 1. The largest absolute Gasteiger partial charge is 1.00 e. The van der Waals surface area contributed by atoms with Crippen molar-refractivity contribution >= 4 is 36.7 Å². The van der Waals surface area contributed by atoms with E-state index in [-0.39, 0.29) is 30.3 Å². The molecule has 0 radical (unpaired) electrons. The van der Waals surface area contributed by atoms with Crippen LogP contribution in [0.15, 0.2) is 15.1 Å². The minimum atomic E-state index is -4.57. The summed E-state index contributed by atoms with van der Waals surface area (Å²) in [6.07, 6.45) is -4.74. The minimum absolute atomic E-state index is 0. The number of hydrogen-bond donors (Lipinski definition) is 3. The summed E-state index contributed by atoms with van der Waals surface area (Å²) in [6, 6.07) is 0. The first-order chi connectivity index (χ1) is 14.2. The summed E-state index contributed by atoms with van der Waals surface area (Å²) in [5.74, 6) is -0.181. The topological polar surface area (TPSA) is 221 Å². The lowest BCUT2D eigenvalue weighted by molar-refractivity contribution is -0.245. The number of aromatic amines is 1. The highest BCUT2D eigenvalue weighted by Gasteiger charge is 2.51. The van der Waals surface area contributed by atoms with E-state index in [4.69, 9.17) is 15.0 Å². The molecule has 2 aliphatic heterocycles. The number of aliphatic hydroxyl groups excluding tert-OH is 1. The predicted octanol–water partition coefficient (Wildman–Crippen LogP) is -2.37. The summed E-state index contributed by atoms with van der Waals surface area (Å²) in [4.78, 5) is 34.7. The first-order valence-corrected chi connectivity index (χ1v) is 10.7. The van der Waals surface area contributed by atoms with Crippen LogP contribution in [0.5, 0.6) is 0 Å². The number of H-pyrrole nitrogens is 1. The maximum atomic E-state index is 12.3. The maximum absolute atomic E-state index is 12.3. The number of phosphoric acid groups is 1. The second-order valence-corrected chi connectivity index (χ2v) is 8.74. The monoisotopic (exact) mass is 459 g/mol. The molecule has 4 N–H and O–H groups in total. The number of tetrazole rings is 1. The molecule has 0 bridgehead atoms. The van der Waals surface area contributed by atoms with Gasteiger partial charge in [0.1, 0.15) is 18.3 Å². The molecule has 2 fully saturated rings. The van der Waals surface area contributed by atoms with Crippen molar-refractivity contribution in [2.24, 2.45) is 7.05 Å². The fourth-order valence-corrected chi connectivity index (χ4v) is 5.00. The van der Waals surface area contributed by atoms with Gasteiger partial charge in [-0.1, -0.05) is 0 Å². The van der Waals surface area contributed by atoms with Gasteiger partial charge in [0.05, 0.1) is 6.61 Å². The number of nitrogens with two attached hydrogens (primary N) is 1. The van der Waals surface area contributed by atoms with Gasteiger partial charge >= 0.3 is 1.43 Å². The second kappa shape index (κ2) is 6.81. The molecule has 5 heterocycles. The third-order valence-electron chi connectivity index (χ3n) is 4.51. The Labute approximate surface area is 171 Å². The van der Waals surface area contributed by atoms with Crippen LogP contribution in [-0.4, -0.2) is 69.8 Å². The van der Waals surface area contributed by atoms with Crippen molar-refractivity contribution in [1.29, 1.82) is 0 Å². The van der Waals surface area contributed by atoms with Gasteiger partial charge in [0.15, 0.2) is 22.5 Å². The number of nitrogen functional groups attached to an aromatic ring is 1. The van der Waals surface area contributed by atoms with Crippen molar-refractivity contribution in [2.75, 3.05) is 12.3 Å². The zero-order valence-electron chi connectivity index (χ0n) is 16.0. The number of nitrogens with zero attached hydrogens (tertiary/aromatic N) is 7. The van der Waals surface area contributed by atoms with Crippen LogP contribution in [0.2, 0.25) is 0 Å². The molecular weight excluding hydrogens is 445 g/mol. The summed E-state index contributed by atoms with van der Waals surface area (Å²) in [6.45, 7) is -0.336. The van der Waals surface area contributed by atoms with Gasteiger partial charge in [-0.05, 0) is 22.2 Å². The highest BCUT2D eigenvalue weighted by Crippen LogP contribution is 2.50. The third-order valence-corrected chi connectivity index (χ3v) is 6.48. The normalized spacial score (nSPS) is 31.3. The van der Waals surface area contributed by atoms with E-state index < -0.39 is 37.9 Å². The van der Waals surface area contributed by atoms with Crippen molar-refractivity contribution in [3.05, 3.63) is 10.4 Å². The van der Waals surface area contributed by atoms with Crippen LogP contribution < -0.4 is 16.2 Å². The number of phosphoric ester groups is 1. The number of fused-ring (bicyclic) bond motifs is 2. The van der Waals surface area contributed by atoms with E-state index in [9.17, 15) is 19.4 Å². The lowest BCUT2D eigenvalue weighted by Crippen LogP contribution is -2.41. The SMILES string of the molecule is Cn1nnnc1Sc1nc2c(=O)[nH]c(N)nc2n1[C@@H]1OC2COP(=O)([O-])O[C@H]2C1O.[H+]. The lowest BCUT2D eigenvalue weighted by Gasteiger charge is -2.34. The highest BCUT2D eigenvalue weighted by atomic mass is 32.2. The third kappa shape index (κ3) is 3.11. The van der Waals surface area contributed by atoms with Gasteiger partial charge in [0.25, 0.3) is 13.4 Å². The molecule has 0 spiro atoms. The number of imidazole rings is 1. The van der Waals surface area contributed by atoms with E-state index >= 15 is 0 Å². The maximum Gasteiger partial charge on any atom is 1.00 e. The Morgan fingerprint density at radius 3 is 2.97 bits per heavy atom. The summed E-state index contributed by atoms with van der Waals surface area (Å²) in [7, 11) is -2.96. The van der Waals surface area contributed by atoms with Crippen LogP contribution in [0.25, 0.3) is 11.2 Å². The van der Waals surface area contributed by atoms with Gasteiger partial charge in [-0.2, -0.15) is 4.98 Å². The van der Waals surface area contributed by atoms with Crippen LogP contribution >= 0.6 is 19.6 Å². The molecule has 16 nitrogen and oxygen atoms in total. The van der Waals surface area contributed by atoms with E-state index in [0.717, 1.165) is 11.8 Å². The fourth-order valence-electron chi connectivity index (χ4n) is 3.21. The Hall–Kier alpha value is -2.40. The van der Waals surface area contributed by atoms with E-state index in [2.05, 4.69) is 35.0 Å². The average Bonchev–Trinajstić information content (AvgIpc) is 3.32. The molecule has 30 heavy (non-hydrogen) atoms. The van der Waals surface area contributed by atoms with Gasteiger partial charge in [0, 0.05) is 7.05 Å². The molecule has 0 amide bonds. The molecule has 2 aliphatic rings. The molecule has 0 aromatic carbocycles. The lowest BCUT2D eigenvalue weighted by atomic mass is 10.1. The number of ether oxygens (including phenoxy) is 1. The van der Waals surface area contributed by atoms with Crippen LogP contribution in [0, 0.1) is 0 Å². The molecule has 160 valence electrons. The Balaban J connectivity index is 0.00000231.